The number of fused-ring (bicyclic) bond motifs is 1. The van der Waals surface area contributed by atoms with Crippen molar-refractivity contribution in [1.29, 1.82) is 0 Å². The van der Waals surface area contributed by atoms with Gasteiger partial charge >= 0.3 is 17.9 Å². The fourth-order valence-corrected chi connectivity index (χ4v) is 5.34. The molecular formula is C31H24BrN5O7. The summed E-state index contributed by atoms with van der Waals surface area (Å²) < 4.78 is 25.5. The molecule has 0 saturated carbocycles. The van der Waals surface area contributed by atoms with E-state index >= 15 is 0 Å². The number of hydrogen-bond acceptors (Lipinski definition) is 11. The Morgan fingerprint density at radius 3 is 1.86 bits per heavy atom. The van der Waals surface area contributed by atoms with Gasteiger partial charge in [-0.2, -0.15) is 5.10 Å². The highest BCUT2D eigenvalue weighted by Crippen LogP contribution is 2.38. The molecule has 2 N–H and O–H groups in total. The molecule has 1 aliphatic rings. The summed E-state index contributed by atoms with van der Waals surface area (Å²) in [6.45, 7) is -0.339. The molecule has 5 aromatic rings. The molecule has 3 heterocycles. The number of carbonyl (C=O) groups excluding carboxylic acids is 3. The molecule has 44 heavy (non-hydrogen) atoms. The van der Waals surface area contributed by atoms with Gasteiger partial charge in [0.25, 0.3) is 0 Å². The van der Waals surface area contributed by atoms with E-state index in [4.69, 9.17) is 24.7 Å². The maximum absolute atomic E-state index is 13.4. The third kappa shape index (κ3) is 5.87. The highest BCUT2D eigenvalue weighted by atomic mass is 79.9. The zero-order chi connectivity index (χ0) is 30.6. The van der Waals surface area contributed by atoms with Crippen molar-refractivity contribution >= 4 is 50.7 Å². The van der Waals surface area contributed by atoms with Crippen molar-refractivity contribution < 1.29 is 33.3 Å². The smallest absolute Gasteiger partial charge is 0.338 e. The zero-order valence-corrected chi connectivity index (χ0v) is 24.4. The van der Waals surface area contributed by atoms with Gasteiger partial charge in [-0.05, 0) is 52.3 Å². The third-order valence-electron chi connectivity index (χ3n) is 6.90. The van der Waals surface area contributed by atoms with Crippen molar-refractivity contribution in [2.45, 2.75) is 24.5 Å². The zero-order valence-electron chi connectivity index (χ0n) is 22.9. The van der Waals surface area contributed by atoms with Gasteiger partial charge in [-0.3, -0.25) is 0 Å². The van der Waals surface area contributed by atoms with E-state index in [9.17, 15) is 14.4 Å². The first-order chi connectivity index (χ1) is 21.4. The van der Waals surface area contributed by atoms with Crippen LogP contribution in [0.1, 0.15) is 37.3 Å². The highest BCUT2D eigenvalue weighted by Gasteiger charge is 2.52. The fraction of sp³-hybridized carbons (Fsp3) is 0.161. The van der Waals surface area contributed by atoms with E-state index in [0.717, 1.165) is 0 Å². The minimum atomic E-state index is -1.26. The highest BCUT2D eigenvalue weighted by molar-refractivity contribution is 9.10. The molecule has 6 rings (SSSR count). The van der Waals surface area contributed by atoms with Gasteiger partial charge in [-0.15, -0.1) is 0 Å². The number of hydrogen-bond donors (Lipinski definition) is 1. The Morgan fingerprint density at radius 2 is 1.30 bits per heavy atom. The lowest BCUT2D eigenvalue weighted by molar-refractivity contribution is -0.0655. The SMILES string of the molecule is Nc1ncnc2c1c(Br)nn2C1OC(COC(=O)c2ccccc2)C(OC(=O)c2ccccc2)C1OC(=O)c1ccccc1. The van der Waals surface area contributed by atoms with Gasteiger partial charge in [0.1, 0.15) is 29.5 Å². The number of halogens is 1. The van der Waals surface area contributed by atoms with Crippen LogP contribution in [-0.2, 0) is 18.9 Å². The largest absolute Gasteiger partial charge is 0.459 e. The van der Waals surface area contributed by atoms with Gasteiger partial charge in [-0.25, -0.2) is 29.0 Å². The standard InChI is InChI=1S/C31H24BrN5O7/c32-25-22-26(33)34-17-35-27(22)37(36-25)28-24(44-31(40)20-14-8-3-9-15-20)23(43-30(39)19-12-6-2-7-13-19)21(42-28)16-41-29(38)18-10-4-1-5-11-18/h1-15,17,21,23-24,28H,16H2,(H2,33,34,35). The number of ether oxygens (including phenoxy) is 4. The van der Waals surface area contributed by atoms with Crippen LogP contribution in [0.5, 0.6) is 0 Å². The van der Waals surface area contributed by atoms with Crippen molar-refractivity contribution in [1.82, 2.24) is 19.7 Å². The number of nitrogen functional groups attached to an aromatic ring is 1. The van der Waals surface area contributed by atoms with Crippen LogP contribution in [0.3, 0.4) is 0 Å². The van der Waals surface area contributed by atoms with Crippen molar-refractivity contribution in [3.05, 3.63) is 119 Å². The molecule has 4 unspecified atom stereocenters. The Balaban J connectivity index is 1.39. The first-order valence-electron chi connectivity index (χ1n) is 13.4. The predicted molar refractivity (Wildman–Crippen MR) is 159 cm³/mol. The summed E-state index contributed by atoms with van der Waals surface area (Å²) in [5, 5.41) is 4.90. The van der Waals surface area contributed by atoms with Crippen LogP contribution in [0, 0.1) is 0 Å². The van der Waals surface area contributed by atoms with Crippen LogP contribution >= 0.6 is 15.9 Å². The van der Waals surface area contributed by atoms with E-state index in [1.807, 2.05) is 0 Å². The number of anilines is 1. The van der Waals surface area contributed by atoms with Gasteiger partial charge in [0.15, 0.2) is 24.1 Å². The minimum absolute atomic E-state index is 0.157. The van der Waals surface area contributed by atoms with E-state index in [2.05, 4.69) is 31.0 Å². The van der Waals surface area contributed by atoms with Gasteiger partial charge in [0.2, 0.25) is 0 Å². The average molecular weight is 658 g/mol. The Labute approximate surface area is 258 Å². The first-order valence-corrected chi connectivity index (χ1v) is 14.2. The molecule has 1 fully saturated rings. The van der Waals surface area contributed by atoms with Crippen molar-refractivity contribution in [2.24, 2.45) is 0 Å². The van der Waals surface area contributed by atoms with Crippen LogP contribution in [0.4, 0.5) is 5.82 Å². The maximum atomic E-state index is 13.4. The molecule has 0 spiro atoms. The Kier molecular flexibility index (Phi) is 8.30. The number of nitrogens with two attached hydrogens (primary N) is 1. The topological polar surface area (TPSA) is 158 Å². The molecular weight excluding hydrogens is 634 g/mol. The number of benzene rings is 3. The molecule has 0 radical (unpaired) electrons. The summed E-state index contributed by atoms with van der Waals surface area (Å²) in [6.07, 6.45) is -3.50. The summed E-state index contributed by atoms with van der Waals surface area (Å²) in [6, 6.07) is 25.0. The maximum Gasteiger partial charge on any atom is 0.338 e. The summed E-state index contributed by atoms with van der Waals surface area (Å²) >= 11 is 3.39. The lowest BCUT2D eigenvalue weighted by Gasteiger charge is -2.24. The lowest BCUT2D eigenvalue weighted by Crippen LogP contribution is -2.41. The molecule has 2 aromatic heterocycles. The summed E-state index contributed by atoms with van der Waals surface area (Å²) in [5.41, 5.74) is 7.20. The first kappa shape index (κ1) is 29.0. The molecule has 0 bridgehead atoms. The molecule has 1 aliphatic heterocycles. The number of rotatable bonds is 8. The van der Waals surface area contributed by atoms with Gasteiger partial charge in [0, 0.05) is 0 Å². The minimum Gasteiger partial charge on any atom is -0.459 e. The van der Waals surface area contributed by atoms with Crippen LogP contribution in [0.2, 0.25) is 0 Å². The van der Waals surface area contributed by atoms with Crippen LogP contribution in [0.15, 0.2) is 102 Å². The number of nitrogens with zero attached hydrogens (tertiary/aromatic N) is 4. The molecule has 3 aromatic carbocycles. The third-order valence-corrected chi connectivity index (χ3v) is 7.45. The normalized spacial score (nSPS) is 19.4. The second kappa shape index (κ2) is 12.6. The molecule has 13 heteroatoms. The van der Waals surface area contributed by atoms with Crippen LogP contribution in [-0.4, -0.2) is 62.6 Å². The van der Waals surface area contributed by atoms with E-state index < -0.39 is 42.4 Å². The van der Waals surface area contributed by atoms with Gasteiger partial charge in [-0.1, -0.05) is 54.6 Å². The fourth-order valence-electron chi connectivity index (χ4n) is 4.78. The quantitative estimate of drug-likeness (QED) is 0.186. The molecule has 0 amide bonds. The van der Waals surface area contributed by atoms with Crippen LogP contribution in [0.25, 0.3) is 11.0 Å². The van der Waals surface area contributed by atoms with E-state index in [1.165, 1.54) is 11.0 Å². The van der Waals surface area contributed by atoms with Crippen molar-refractivity contribution in [2.75, 3.05) is 12.3 Å². The Hall–Kier alpha value is -5.14. The molecule has 0 aliphatic carbocycles. The van der Waals surface area contributed by atoms with Crippen LogP contribution < -0.4 is 5.73 Å². The average Bonchev–Trinajstić information content (AvgIpc) is 3.57. The van der Waals surface area contributed by atoms with Gasteiger partial charge < -0.3 is 24.7 Å². The number of carbonyl (C=O) groups is 3. The summed E-state index contributed by atoms with van der Waals surface area (Å²) in [4.78, 5) is 47.9. The van der Waals surface area contributed by atoms with E-state index in [1.54, 1.807) is 91.0 Å². The summed E-state index contributed by atoms with van der Waals surface area (Å²) in [7, 11) is 0. The van der Waals surface area contributed by atoms with Crippen molar-refractivity contribution in [3.63, 3.8) is 0 Å². The molecule has 4 atom stereocenters. The Bertz CT molecular complexity index is 1800. The lowest BCUT2D eigenvalue weighted by atomic mass is 10.1. The van der Waals surface area contributed by atoms with E-state index in [-0.39, 0.29) is 29.2 Å². The van der Waals surface area contributed by atoms with Crippen molar-refractivity contribution in [3.8, 4) is 0 Å². The predicted octanol–water partition coefficient (Wildman–Crippen LogP) is 4.38. The van der Waals surface area contributed by atoms with Gasteiger partial charge in [0.05, 0.1) is 22.1 Å². The monoisotopic (exact) mass is 657 g/mol. The molecule has 12 nitrogen and oxygen atoms in total. The second-order valence-electron chi connectivity index (χ2n) is 9.69. The Morgan fingerprint density at radius 1 is 0.773 bits per heavy atom. The number of aromatic nitrogens is 4. The molecule has 1 saturated heterocycles. The summed E-state index contributed by atoms with van der Waals surface area (Å²) in [5.74, 6) is -1.85. The molecule has 222 valence electrons. The second-order valence-corrected chi connectivity index (χ2v) is 10.4. The number of esters is 3. The van der Waals surface area contributed by atoms with E-state index in [0.29, 0.717) is 15.6 Å².